The van der Waals surface area contributed by atoms with Crippen LogP contribution in [0.15, 0.2) is 35.3 Å². The first kappa shape index (κ1) is 11.5. The monoisotopic (exact) mass is 294 g/mol. The maximum Gasteiger partial charge on any atom is 0.328 e. The van der Waals surface area contributed by atoms with Gasteiger partial charge in [0.25, 0.3) is 0 Å². The molecule has 1 N–H and O–H groups in total. The van der Waals surface area contributed by atoms with Crippen molar-refractivity contribution in [1.82, 2.24) is 19.7 Å². The lowest BCUT2D eigenvalue weighted by atomic mass is 10.3. The third-order valence-corrected chi connectivity index (χ3v) is 2.24. The van der Waals surface area contributed by atoms with E-state index in [1.165, 1.54) is 23.2 Å². The highest BCUT2D eigenvalue weighted by molar-refractivity contribution is 9.10. The van der Waals surface area contributed by atoms with Crippen LogP contribution in [0.4, 0.5) is 0 Å². The molecule has 0 amide bonds. The summed E-state index contributed by atoms with van der Waals surface area (Å²) in [6.07, 6.45) is 8.85. The predicted molar refractivity (Wildman–Crippen MR) is 63.5 cm³/mol. The number of aliphatic carboxylic acids is 1. The molecular weight excluding hydrogens is 288 g/mol. The summed E-state index contributed by atoms with van der Waals surface area (Å²) in [5.41, 5.74) is 0.613. The van der Waals surface area contributed by atoms with E-state index in [0.717, 1.165) is 10.5 Å². The van der Waals surface area contributed by atoms with Crippen molar-refractivity contribution in [3.63, 3.8) is 0 Å². The van der Waals surface area contributed by atoms with Crippen LogP contribution in [0.2, 0.25) is 0 Å². The van der Waals surface area contributed by atoms with Gasteiger partial charge in [0, 0.05) is 30.2 Å². The smallest absolute Gasteiger partial charge is 0.328 e. The minimum atomic E-state index is -1.01. The molecule has 0 radical (unpaired) electrons. The molecule has 86 valence electrons. The molecule has 6 nitrogen and oxygen atoms in total. The molecule has 0 aliphatic carbocycles. The van der Waals surface area contributed by atoms with Gasteiger partial charge >= 0.3 is 5.97 Å². The molecule has 2 heterocycles. The quantitative estimate of drug-likeness (QED) is 0.868. The summed E-state index contributed by atoms with van der Waals surface area (Å²) in [4.78, 5) is 18.4. The molecule has 0 saturated carbocycles. The zero-order valence-electron chi connectivity index (χ0n) is 8.49. The van der Waals surface area contributed by atoms with Gasteiger partial charge in [0.05, 0.1) is 10.7 Å². The van der Waals surface area contributed by atoms with Crippen LogP contribution in [-0.4, -0.2) is 30.8 Å². The molecule has 0 spiro atoms. The molecule has 2 aromatic rings. The second-order valence-electron chi connectivity index (χ2n) is 3.09. The summed E-state index contributed by atoms with van der Waals surface area (Å²) < 4.78 is 2.34. The van der Waals surface area contributed by atoms with Crippen LogP contribution in [0, 0.1) is 0 Å². The fraction of sp³-hybridized carbons (Fsp3) is 0. The number of nitrogens with zero attached hydrogens (tertiary/aromatic N) is 4. The molecule has 0 atom stereocenters. The Labute approximate surface area is 105 Å². The summed E-state index contributed by atoms with van der Waals surface area (Å²) in [5, 5.41) is 12.5. The van der Waals surface area contributed by atoms with Crippen LogP contribution in [0.25, 0.3) is 12.0 Å². The van der Waals surface area contributed by atoms with E-state index in [4.69, 9.17) is 5.11 Å². The molecule has 0 bridgehead atoms. The number of carbonyl (C=O) groups is 1. The third-order valence-electron chi connectivity index (χ3n) is 1.83. The van der Waals surface area contributed by atoms with E-state index in [9.17, 15) is 4.79 Å². The molecule has 7 heteroatoms. The molecule has 0 aliphatic rings. The van der Waals surface area contributed by atoms with Crippen LogP contribution in [0.1, 0.15) is 5.56 Å². The zero-order valence-corrected chi connectivity index (χ0v) is 10.1. The van der Waals surface area contributed by atoms with Crippen molar-refractivity contribution in [2.24, 2.45) is 0 Å². The van der Waals surface area contributed by atoms with E-state index in [0.29, 0.717) is 11.5 Å². The third kappa shape index (κ3) is 2.97. The van der Waals surface area contributed by atoms with Crippen molar-refractivity contribution in [3.8, 4) is 5.95 Å². The van der Waals surface area contributed by atoms with Crippen LogP contribution in [0.3, 0.4) is 0 Å². The summed E-state index contributed by atoms with van der Waals surface area (Å²) >= 11 is 3.27. The van der Waals surface area contributed by atoms with Gasteiger partial charge in [-0.15, -0.1) is 0 Å². The zero-order chi connectivity index (χ0) is 12.3. The summed E-state index contributed by atoms with van der Waals surface area (Å²) in [5.74, 6) is -0.590. The average molecular weight is 295 g/mol. The van der Waals surface area contributed by atoms with E-state index >= 15 is 0 Å². The Hall–Kier alpha value is -2.02. The van der Waals surface area contributed by atoms with E-state index in [1.54, 1.807) is 12.4 Å². The minimum Gasteiger partial charge on any atom is -0.478 e. The fourth-order valence-corrected chi connectivity index (χ4v) is 1.40. The predicted octanol–water partition coefficient (Wildman–Crippen LogP) is 1.52. The summed E-state index contributed by atoms with van der Waals surface area (Å²) in [6, 6.07) is 0. The molecule has 17 heavy (non-hydrogen) atoms. The van der Waals surface area contributed by atoms with Gasteiger partial charge in [0.15, 0.2) is 0 Å². The highest BCUT2D eigenvalue weighted by Gasteiger charge is 2.01. The van der Waals surface area contributed by atoms with E-state index < -0.39 is 5.97 Å². The minimum absolute atomic E-state index is 0.420. The fourth-order valence-electron chi connectivity index (χ4n) is 1.11. The molecular formula is C10H7BrN4O2. The number of rotatable bonds is 3. The van der Waals surface area contributed by atoms with Crippen molar-refractivity contribution >= 4 is 28.0 Å². The van der Waals surface area contributed by atoms with Gasteiger partial charge in [-0.2, -0.15) is 5.10 Å². The topological polar surface area (TPSA) is 80.9 Å². The number of hydrogen-bond donors (Lipinski definition) is 1. The number of carboxylic acids is 1. The van der Waals surface area contributed by atoms with Gasteiger partial charge in [-0.25, -0.2) is 19.4 Å². The number of aromatic nitrogens is 4. The maximum atomic E-state index is 10.3. The first-order valence-corrected chi connectivity index (χ1v) is 5.38. The second-order valence-corrected chi connectivity index (χ2v) is 4.01. The number of halogens is 1. The van der Waals surface area contributed by atoms with Gasteiger partial charge < -0.3 is 5.11 Å². The van der Waals surface area contributed by atoms with Crippen LogP contribution < -0.4 is 0 Å². The van der Waals surface area contributed by atoms with Crippen LogP contribution in [0.5, 0.6) is 0 Å². The Bertz CT molecular complexity index is 562. The van der Waals surface area contributed by atoms with Crippen molar-refractivity contribution in [3.05, 3.63) is 40.9 Å². The summed E-state index contributed by atoms with van der Waals surface area (Å²) in [7, 11) is 0. The van der Waals surface area contributed by atoms with Crippen molar-refractivity contribution in [2.75, 3.05) is 0 Å². The highest BCUT2D eigenvalue weighted by Crippen LogP contribution is 2.09. The van der Waals surface area contributed by atoms with E-state index in [2.05, 4.69) is 31.0 Å². The first-order chi connectivity index (χ1) is 8.15. The maximum absolute atomic E-state index is 10.3. The number of carboxylic acid groups (broad SMARTS) is 1. The first-order valence-electron chi connectivity index (χ1n) is 4.59. The molecule has 0 aliphatic heterocycles. The van der Waals surface area contributed by atoms with E-state index in [-0.39, 0.29) is 0 Å². The van der Waals surface area contributed by atoms with E-state index in [1.807, 2.05) is 0 Å². The molecule has 2 rings (SSSR count). The van der Waals surface area contributed by atoms with Crippen molar-refractivity contribution in [1.29, 1.82) is 0 Å². The Kier molecular flexibility index (Phi) is 3.29. The number of hydrogen-bond acceptors (Lipinski definition) is 4. The largest absolute Gasteiger partial charge is 0.478 e. The second kappa shape index (κ2) is 4.88. The SMILES string of the molecule is O=C(O)/C=C/c1cnc(-n2cc(Br)cn2)nc1. The standard InChI is InChI=1S/C10H7BrN4O2/c11-8-5-14-15(6-8)10-12-3-7(4-13-10)1-2-9(16)17/h1-6H,(H,16,17)/b2-1+. The van der Waals surface area contributed by atoms with Crippen molar-refractivity contribution in [2.45, 2.75) is 0 Å². The molecule has 0 aromatic carbocycles. The average Bonchev–Trinajstić information content (AvgIpc) is 2.74. The molecule has 0 fully saturated rings. The Morgan fingerprint density at radius 3 is 2.59 bits per heavy atom. The lowest BCUT2D eigenvalue weighted by molar-refractivity contribution is -0.131. The molecule has 2 aromatic heterocycles. The van der Waals surface area contributed by atoms with Gasteiger partial charge in [0.1, 0.15) is 0 Å². The van der Waals surface area contributed by atoms with Crippen LogP contribution >= 0.6 is 15.9 Å². The van der Waals surface area contributed by atoms with Gasteiger partial charge in [0.2, 0.25) is 5.95 Å². The molecule has 0 unspecified atom stereocenters. The van der Waals surface area contributed by atoms with Gasteiger partial charge in [-0.1, -0.05) is 0 Å². The molecule has 0 saturated heterocycles. The van der Waals surface area contributed by atoms with Gasteiger partial charge in [-0.3, -0.25) is 0 Å². The normalized spacial score (nSPS) is 10.9. The highest BCUT2D eigenvalue weighted by atomic mass is 79.9. The lowest BCUT2D eigenvalue weighted by Crippen LogP contribution is -2.00. The van der Waals surface area contributed by atoms with Crippen molar-refractivity contribution < 1.29 is 9.90 Å². The Morgan fingerprint density at radius 1 is 1.35 bits per heavy atom. The lowest BCUT2D eigenvalue weighted by Gasteiger charge is -1.98. The Balaban J connectivity index is 2.21. The van der Waals surface area contributed by atoms with Crippen LogP contribution in [-0.2, 0) is 4.79 Å². The van der Waals surface area contributed by atoms with Gasteiger partial charge in [-0.05, 0) is 22.0 Å². The Morgan fingerprint density at radius 2 is 2.06 bits per heavy atom. The summed E-state index contributed by atoms with van der Waals surface area (Å²) in [6.45, 7) is 0.